The molecule has 0 aliphatic heterocycles. The summed E-state index contributed by atoms with van der Waals surface area (Å²) in [5.41, 5.74) is 0.749. The highest BCUT2D eigenvalue weighted by molar-refractivity contribution is 4.78. The van der Waals surface area contributed by atoms with Crippen LogP contribution < -0.4 is 10.6 Å². The van der Waals surface area contributed by atoms with Gasteiger partial charge >= 0.3 is 0 Å². The van der Waals surface area contributed by atoms with Crippen molar-refractivity contribution < 1.29 is 0 Å². The van der Waals surface area contributed by atoms with Gasteiger partial charge in [-0.05, 0) is 55.5 Å². The van der Waals surface area contributed by atoms with Gasteiger partial charge in [-0.1, -0.05) is 55.4 Å². The molecule has 0 aliphatic carbocycles. The van der Waals surface area contributed by atoms with Gasteiger partial charge in [-0.25, -0.2) is 0 Å². The van der Waals surface area contributed by atoms with E-state index in [1.54, 1.807) is 0 Å². The Morgan fingerprint density at radius 1 is 0.857 bits per heavy atom. The lowest BCUT2D eigenvalue weighted by Gasteiger charge is -2.31. The molecule has 0 aromatic carbocycles. The largest absolute Gasteiger partial charge is 0.316 e. The molecule has 2 heteroatoms. The van der Waals surface area contributed by atoms with Gasteiger partial charge in [0.2, 0.25) is 0 Å². The van der Waals surface area contributed by atoms with Gasteiger partial charge in [0.1, 0.15) is 0 Å². The first kappa shape index (κ1) is 20.9. The van der Waals surface area contributed by atoms with Gasteiger partial charge in [0.05, 0.1) is 0 Å². The van der Waals surface area contributed by atoms with E-state index in [1.165, 1.54) is 12.8 Å². The molecular formula is C19H42N2. The number of nitrogens with one attached hydrogen (secondary N) is 2. The molecule has 2 atom stereocenters. The summed E-state index contributed by atoms with van der Waals surface area (Å²) in [6.45, 7) is 24.3. The molecule has 0 spiro atoms. The van der Waals surface area contributed by atoms with E-state index in [1.807, 2.05) is 0 Å². The van der Waals surface area contributed by atoms with E-state index in [0.29, 0.717) is 16.9 Å². The quantitative estimate of drug-likeness (QED) is 0.611. The molecule has 0 amide bonds. The first-order valence-electron chi connectivity index (χ1n) is 8.88. The summed E-state index contributed by atoms with van der Waals surface area (Å²) in [5, 5.41) is 7.30. The second-order valence-corrected chi connectivity index (χ2v) is 9.33. The molecule has 2 N–H and O–H groups in total. The summed E-state index contributed by atoms with van der Waals surface area (Å²) in [4.78, 5) is 0. The van der Waals surface area contributed by atoms with Crippen LogP contribution in [0.15, 0.2) is 0 Å². The highest BCUT2D eigenvalue weighted by Gasteiger charge is 2.21. The van der Waals surface area contributed by atoms with Crippen molar-refractivity contribution in [3.8, 4) is 0 Å². The van der Waals surface area contributed by atoms with Crippen LogP contribution >= 0.6 is 0 Å². The Morgan fingerprint density at radius 3 is 1.90 bits per heavy atom. The minimum atomic E-state index is 0.347. The lowest BCUT2D eigenvalue weighted by Crippen LogP contribution is -2.40. The topological polar surface area (TPSA) is 24.1 Å². The monoisotopic (exact) mass is 298 g/mol. The van der Waals surface area contributed by atoms with Crippen LogP contribution in [-0.2, 0) is 0 Å². The summed E-state index contributed by atoms with van der Waals surface area (Å²) in [5.74, 6) is 1.49. The van der Waals surface area contributed by atoms with E-state index in [0.717, 1.165) is 31.5 Å². The Morgan fingerprint density at radius 2 is 1.43 bits per heavy atom. The van der Waals surface area contributed by atoms with E-state index in [9.17, 15) is 0 Å². The molecule has 0 fully saturated rings. The second kappa shape index (κ2) is 9.15. The van der Waals surface area contributed by atoms with Gasteiger partial charge in [0, 0.05) is 12.6 Å². The highest BCUT2D eigenvalue weighted by Crippen LogP contribution is 2.24. The van der Waals surface area contributed by atoms with Crippen LogP contribution in [-0.4, -0.2) is 25.7 Å². The zero-order valence-electron chi connectivity index (χ0n) is 16.3. The van der Waals surface area contributed by atoms with Crippen molar-refractivity contribution in [1.29, 1.82) is 0 Å². The van der Waals surface area contributed by atoms with Gasteiger partial charge in [-0.15, -0.1) is 0 Å². The van der Waals surface area contributed by atoms with Crippen molar-refractivity contribution in [3.05, 3.63) is 0 Å². The lowest BCUT2D eigenvalue weighted by molar-refractivity contribution is 0.251. The van der Waals surface area contributed by atoms with Crippen LogP contribution in [0.3, 0.4) is 0 Å². The van der Waals surface area contributed by atoms with Crippen molar-refractivity contribution >= 4 is 0 Å². The molecule has 128 valence electrons. The predicted octanol–water partition coefficient (Wildman–Crippen LogP) is 4.70. The Kier molecular flexibility index (Phi) is 9.11. The molecule has 0 saturated heterocycles. The third kappa shape index (κ3) is 11.2. The molecule has 0 bridgehead atoms. The minimum Gasteiger partial charge on any atom is -0.316 e. The zero-order chi connectivity index (χ0) is 16.7. The molecule has 1 unspecified atom stereocenters. The first-order chi connectivity index (χ1) is 9.44. The maximum absolute atomic E-state index is 3.70. The van der Waals surface area contributed by atoms with Crippen molar-refractivity contribution in [2.75, 3.05) is 19.6 Å². The second-order valence-electron chi connectivity index (χ2n) is 9.33. The molecule has 0 saturated carbocycles. The molecule has 21 heavy (non-hydrogen) atoms. The smallest absolute Gasteiger partial charge is 0.00873 e. The molecule has 0 aromatic rings. The van der Waals surface area contributed by atoms with Crippen molar-refractivity contribution in [1.82, 2.24) is 10.6 Å². The fourth-order valence-corrected chi connectivity index (χ4v) is 2.21. The summed E-state index contributed by atoms with van der Waals surface area (Å²) in [7, 11) is 0. The van der Waals surface area contributed by atoms with Crippen LogP contribution in [0.25, 0.3) is 0 Å². The Hall–Kier alpha value is -0.0800. The number of hydrogen-bond donors (Lipinski definition) is 2. The average Bonchev–Trinajstić information content (AvgIpc) is 2.31. The van der Waals surface area contributed by atoms with Gasteiger partial charge in [-0.3, -0.25) is 0 Å². The van der Waals surface area contributed by atoms with E-state index in [-0.39, 0.29) is 0 Å². The molecule has 0 rings (SSSR count). The van der Waals surface area contributed by atoms with Gasteiger partial charge < -0.3 is 10.6 Å². The summed E-state index contributed by atoms with van der Waals surface area (Å²) in [6, 6.07) is 0.570. The van der Waals surface area contributed by atoms with Gasteiger partial charge in [-0.2, -0.15) is 0 Å². The average molecular weight is 299 g/mol. The fraction of sp³-hybridized carbons (Fsp3) is 1.00. The normalized spacial score (nSPS) is 16.3. The maximum Gasteiger partial charge on any atom is 0.00873 e. The standard InChI is InChI=1S/C19H42N2/c1-15(2)12-20-14-19(8,9)11-10-16(3)13-21-17(4)18(5,6)7/h15-17,20-21H,10-14H2,1-9H3/t16?,17-/m1/s1. The lowest BCUT2D eigenvalue weighted by atomic mass is 9.84. The number of hydrogen-bond acceptors (Lipinski definition) is 2. The van der Waals surface area contributed by atoms with Crippen LogP contribution in [0.2, 0.25) is 0 Å². The first-order valence-corrected chi connectivity index (χ1v) is 8.88. The highest BCUT2D eigenvalue weighted by atomic mass is 14.9. The maximum atomic E-state index is 3.70. The number of rotatable bonds is 10. The molecule has 0 radical (unpaired) electrons. The van der Waals surface area contributed by atoms with Crippen molar-refractivity contribution in [2.45, 2.75) is 81.2 Å². The van der Waals surface area contributed by atoms with Crippen LogP contribution in [0, 0.1) is 22.7 Å². The molecule has 0 aromatic heterocycles. The summed E-state index contributed by atoms with van der Waals surface area (Å²) in [6.07, 6.45) is 2.60. The third-order valence-electron chi connectivity index (χ3n) is 4.54. The Labute approximate surface area is 134 Å². The summed E-state index contributed by atoms with van der Waals surface area (Å²) < 4.78 is 0. The van der Waals surface area contributed by atoms with E-state index in [2.05, 4.69) is 72.9 Å². The molecule has 0 aliphatic rings. The van der Waals surface area contributed by atoms with E-state index >= 15 is 0 Å². The van der Waals surface area contributed by atoms with Crippen molar-refractivity contribution in [3.63, 3.8) is 0 Å². The molecular weight excluding hydrogens is 256 g/mol. The van der Waals surface area contributed by atoms with Crippen LogP contribution in [0.1, 0.15) is 75.2 Å². The van der Waals surface area contributed by atoms with E-state index in [4.69, 9.17) is 0 Å². The Balaban J connectivity index is 3.92. The SMILES string of the molecule is CC(C)CNCC(C)(C)CCC(C)CN[C@H](C)C(C)(C)C. The molecule has 2 nitrogen and oxygen atoms in total. The van der Waals surface area contributed by atoms with Gasteiger partial charge in [0.15, 0.2) is 0 Å². The fourth-order valence-electron chi connectivity index (χ4n) is 2.21. The third-order valence-corrected chi connectivity index (χ3v) is 4.54. The van der Waals surface area contributed by atoms with Crippen molar-refractivity contribution in [2.24, 2.45) is 22.7 Å². The molecule has 0 heterocycles. The van der Waals surface area contributed by atoms with Gasteiger partial charge in [0.25, 0.3) is 0 Å². The zero-order valence-corrected chi connectivity index (χ0v) is 16.3. The minimum absolute atomic E-state index is 0.347. The van der Waals surface area contributed by atoms with Crippen LogP contribution in [0.5, 0.6) is 0 Å². The Bertz CT molecular complexity index is 263. The van der Waals surface area contributed by atoms with E-state index < -0.39 is 0 Å². The summed E-state index contributed by atoms with van der Waals surface area (Å²) >= 11 is 0. The van der Waals surface area contributed by atoms with Crippen LogP contribution in [0.4, 0.5) is 0 Å². The predicted molar refractivity (Wildman–Crippen MR) is 96.8 cm³/mol.